The van der Waals surface area contributed by atoms with Gasteiger partial charge in [-0.05, 0) is 31.5 Å². The van der Waals surface area contributed by atoms with E-state index < -0.39 is 0 Å². The third kappa shape index (κ3) is 3.29. The molecular formula is C15H17N3S. The maximum Gasteiger partial charge on any atom is 0.124 e. The number of nitrogens with zero attached hydrogens (tertiary/aromatic N) is 1. The Morgan fingerprint density at radius 1 is 1.26 bits per heavy atom. The zero-order chi connectivity index (χ0) is 13.8. The summed E-state index contributed by atoms with van der Waals surface area (Å²) in [6.07, 6.45) is 1.69. The molecule has 0 bridgehead atoms. The summed E-state index contributed by atoms with van der Waals surface area (Å²) in [6, 6.07) is 12.4. The summed E-state index contributed by atoms with van der Waals surface area (Å²) in [5.41, 5.74) is 9.64. The normalized spacial score (nSPS) is 11.9. The lowest BCUT2D eigenvalue weighted by atomic mass is 10.1. The van der Waals surface area contributed by atoms with Crippen molar-refractivity contribution in [1.29, 1.82) is 0 Å². The number of nitrogens with two attached hydrogens (primary N) is 1. The van der Waals surface area contributed by atoms with Gasteiger partial charge in [-0.2, -0.15) is 0 Å². The van der Waals surface area contributed by atoms with Crippen LogP contribution in [0.3, 0.4) is 0 Å². The van der Waals surface area contributed by atoms with Gasteiger partial charge in [0.15, 0.2) is 0 Å². The number of nitrogens with one attached hydrogen (secondary N) is 1. The molecule has 0 saturated heterocycles. The fraction of sp³-hybridized carbons (Fsp3) is 0.200. The first-order valence-corrected chi connectivity index (χ1v) is 6.56. The number of hydrogen-bond acceptors (Lipinski definition) is 3. The Morgan fingerprint density at radius 2 is 1.95 bits per heavy atom. The molecule has 0 radical (unpaired) electrons. The van der Waals surface area contributed by atoms with E-state index in [0.717, 1.165) is 5.69 Å². The molecular weight excluding hydrogens is 254 g/mol. The van der Waals surface area contributed by atoms with Crippen LogP contribution in [0.15, 0.2) is 42.6 Å². The fourth-order valence-electron chi connectivity index (χ4n) is 1.89. The summed E-state index contributed by atoms with van der Waals surface area (Å²) < 4.78 is 0. The van der Waals surface area contributed by atoms with Crippen molar-refractivity contribution >= 4 is 22.9 Å². The fourth-order valence-corrected chi connectivity index (χ4v) is 2.05. The molecule has 1 aromatic carbocycles. The van der Waals surface area contributed by atoms with E-state index in [-0.39, 0.29) is 6.04 Å². The molecule has 2 rings (SSSR count). The van der Waals surface area contributed by atoms with E-state index in [1.807, 2.05) is 12.1 Å². The van der Waals surface area contributed by atoms with Gasteiger partial charge >= 0.3 is 0 Å². The monoisotopic (exact) mass is 271 g/mol. The molecule has 1 aromatic heterocycles. The minimum absolute atomic E-state index is 0.165. The first-order chi connectivity index (χ1) is 9.08. The van der Waals surface area contributed by atoms with Crippen LogP contribution >= 0.6 is 12.2 Å². The van der Waals surface area contributed by atoms with Crippen molar-refractivity contribution in [1.82, 2.24) is 4.98 Å². The van der Waals surface area contributed by atoms with Crippen molar-refractivity contribution in [2.45, 2.75) is 19.9 Å². The molecule has 2 aromatic rings. The number of aryl methyl sites for hydroxylation is 1. The second-order valence-corrected chi connectivity index (χ2v) is 4.98. The maximum absolute atomic E-state index is 5.68. The van der Waals surface area contributed by atoms with E-state index in [9.17, 15) is 0 Å². The Morgan fingerprint density at radius 3 is 2.58 bits per heavy atom. The number of aromatic nitrogens is 1. The second kappa shape index (κ2) is 5.80. The van der Waals surface area contributed by atoms with Crippen LogP contribution in [0.5, 0.6) is 0 Å². The van der Waals surface area contributed by atoms with Crippen LogP contribution in [0.2, 0.25) is 0 Å². The van der Waals surface area contributed by atoms with Gasteiger partial charge in [0.25, 0.3) is 0 Å². The number of hydrogen-bond donors (Lipinski definition) is 2. The highest BCUT2D eigenvalue weighted by atomic mass is 32.1. The van der Waals surface area contributed by atoms with Gasteiger partial charge in [-0.15, -0.1) is 0 Å². The van der Waals surface area contributed by atoms with Crippen molar-refractivity contribution in [3.8, 4) is 0 Å². The third-order valence-corrected chi connectivity index (χ3v) is 3.18. The van der Waals surface area contributed by atoms with Gasteiger partial charge in [-0.25, -0.2) is 0 Å². The molecule has 1 unspecified atom stereocenters. The summed E-state index contributed by atoms with van der Waals surface area (Å²) in [5, 5.41) is 3.40. The Bertz CT molecular complexity index is 578. The van der Waals surface area contributed by atoms with Crippen molar-refractivity contribution in [2.75, 3.05) is 5.32 Å². The maximum atomic E-state index is 5.68. The molecule has 1 atom stereocenters. The zero-order valence-corrected chi connectivity index (χ0v) is 11.9. The molecule has 19 heavy (non-hydrogen) atoms. The molecule has 98 valence electrons. The number of rotatable bonds is 4. The summed E-state index contributed by atoms with van der Waals surface area (Å²) in [6.45, 7) is 4.18. The highest BCUT2D eigenvalue weighted by Crippen LogP contribution is 2.21. The SMILES string of the molecule is Cc1ccc(C(C)Nc2cccnc2C(N)=S)cc1. The number of thiocarbonyl (C=S) groups is 1. The van der Waals surface area contributed by atoms with Crippen molar-refractivity contribution < 1.29 is 0 Å². The van der Waals surface area contributed by atoms with E-state index in [1.54, 1.807) is 6.20 Å². The average molecular weight is 271 g/mol. The standard InChI is InChI=1S/C15H17N3S/c1-10-5-7-12(8-6-10)11(2)18-13-4-3-9-17-14(13)15(16)19/h3-9,11,18H,1-2H3,(H2,16,19). The van der Waals surface area contributed by atoms with Crippen LogP contribution in [0.1, 0.15) is 29.8 Å². The second-order valence-electron chi connectivity index (χ2n) is 4.54. The summed E-state index contributed by atoms with van der Waals surface area (Å²) in [7, 11) is 0. The highest BCUT2D eigenvalue weighted by Gasteiger charge is 2.10. The zero-order valence-electron chi connectivity index (χ0n) is 11.1. The van der Waals surface area contributed by atoms with Crippen LogP contribution in [-0.4, -0.2) is 9.97 Å². The molecule has 0 aliphatic rings. The predicted octanol–water partition coefficient (Wildman–Crippen LogP) is 3.20. The molecule has 0 aliphatic heterocycles. The van der Waals surface area contributed by atoms with E-state index in [1.165, 1.54) is 11.1 Å². The molecule has 0 saturated carbocycles. The van der Waals surface area contributed by atoms with Crippen LogP contribution in [0, 0.1) is 6.92 Å². The van der Waals surface area contributed by atoms with Crippen LogP contribution in [0.25, 0.3) is 0 Å². The molecule has 3 nitrogen and oxygen atoms in total. The molecule has 0 spiro atoms. The summed E-state index contributed by atoms with van der Waals surface area (Å²) in [5.74, 6) is 0. The van der Waals surface area contributed by atoms with Gasteiger partial charge in [0.05, 0.1) is 5.69 Å². The molecule has 1 heterocycles. The van der Waals surface area contributed by atoms with Gasteiger partial charge in [0.1, 0.15) is 10.7 Å². The van der Waals surface area contributed by atoms with E-state index in [2.05, 4.69) is 48.4 Å². The Hall–Kier alpha value is -1.94. The van der Waals surface area contributed by atoms with E-state index in [0.29, 0.717) is 10.7 Å². The van der Waals surface area contributed by atoms with Crippen LogP contribution in [0.4, 0.5) is 5.69 Å². The average Bonchev–Trinajstić information content (AvgIpc) is 2.39. The minimum Gasteiger partial charge on any atom is -0.388 e. The summed E-state index contributed by atoms with van der Waals surface area (Å²) >= 11 is 5.01. The predicted molar refractivity (Wildman–Crippen MR) is 83.3 cm³/mol. The third-order valence-electron chi connectivity index (χ3n) is 2.99. The molecule has 4 heteroatoms. The van der Waals surface area contributed by atoms with Gasteiger partial charge < -0.3 is 11.1 Å². The molecule has 0 aliphatic carbocycles. The number of pyridine rings is 1. The quantitative estimate of drug-likeness (QED) is 0.838. The summed E-state index contributed by atoms with van der Waals surface area (Å²) in [4.78, 5) is 4.52. The molecule has 0 amide bonds. The number of benzene rings is 1. The Balaban J connectivity index is 2.21. The van der Waals surface area contributed by atoms with Crippen molar-refractivity contribution in [3.63, 3.8) is 0 Å². The lowest BCUT2D eigenvalue weighted by molar-refractivity contribution is 0.881. The lowest BCUT2D eigenvalue weighted by Crippen LogP contribution is -2.16. The van der Waals surface area contributed by atoms with Crippen molar-refractivity contribution in [3.05, 3.63) is 59.4 Å². The Labute approximate surface area is 118 Å². The van der Waals surface area contributed by atoms with Gasteiger partial charge in [-0.3, -0.25) is 4.98 Å². The van der Waals surface area contributed by atoms with E-state index in [4.69, 9.17) is 18.0 Å². The smallest absolute Gasteiger partial charge is 0.124 e. The van der Waals surface area contributed by atoms with Crippen molar-refractivity contribution in [2.24, 2.45) is 5.73 Å². The van der Waals surface area contributed by atoms with Gasteiger partial charge in [0, 0.05) is 12.2 Å². The van der Waals surface area contributed by atoms with Gasteiger partial charge in [-0.1, -0.05) is 42.0 Å². The molecule has 0 fully saturated rings. The molecule has 3 N–H and O–H groups in total. The highest BCUT2D eigenvalue weighted by molar-refractivity contribution is 7.80. The topological polar surface area (TPSA) is 50.9 Å². The number of anilines is 1. The van der Waals surface area contributed by atoms with Gasteiger partial charge in [0.2, 0.25) is 0 Å². The first kappa shape index (κ1) is 13.5. The van der Waals surface area contributed by atoms with E-state index >= 15 is 0 Å². The first-order valence-electron chi connectivity index (χ1n) is 6.16. The minimum atomic E-state index is 0.165. The van der Waals surface area contributed by atoms with Crippen LogP contribution in [-0.2, 0) is 0 Å². The van der Waals surface area contributed by atoms with Crippen LogP contribution < -0.4 is 11.1 Å². The lowest BCUT2D eigenvalue weighted by Gasteiger charge is -2.17. The Kier molecular flexibility index (Phi) is 4.12. The largest absolute Gasteiger partial charge is 0.388 e.